The van der Waals surface area contributed by atoms with E-state index < -0.39 is 55.4 Å². The van der Waals surface area contributed by atoms with Crippen molar-refractivity contribution in [3.8, 4) is 0 Å². The van der Waals surface area contributed by atoms with Crippen molar-refractivity contribution >= 4 is 11.9 Å². The number of esters is 2. The summed E-state index contributed by atoms with van der Waals surface area (Å²) in [4.78, 5) is 25.2. The number of unbranched alkanes of at least 4 members (excludes halogenated alkanes) is 19. The van der Waals surface area contributed by atoms with Crippen molar-refractivity contribution in [2.75, 3.05) is 19.8 Å². The highest BCUT2D eigenvalue weighted by Crippen LogP contribution is 2.22. The summed E-state index contributed by atoms with van der Waals surface area (Å²) in [5.41, 5.74) is 0. The zero-order chi connectivity index (χ0) is 38.1. The molecule has 304 valence electrons. The summed E-state index contributed by atoms with van der Waals surface area (Å²) >= 11 is 0. The van der Waals surface area contributed by atoms with Crippen molar-refractivity contribution in [2.45, 2.75) is 211 Å². The first-order valence-corrected chi connectivity index (χ1v) is 20.9. The minimum atomic E-state index is -1.60. The number of aliphatic hydroxyl groups excluding tert-OH is 4. The number of hydrogen-bond acceptors (Lipinski definition) is 10. The number of allylic oxidation sites excluding steroid dienone is 4. The SMILES string of the molecule is CCCCCCCCCCC/C=C/C/C=C/CCCC(=O)OC[C@@H](CO[C@H]1O[C@@H](CO)[C@@H](O)C(O)C1O)OC(=O)CCCCCCCCCCCC. The molecule has 2 unspecified atom stereocenters. The van der Waals surface area contributed by atoms with Crippen molar-refractivity contribution in [3.63, 3.8) is 0 Å². The van der Waals surface area contributed by atoms with Gasteiger partial charge in [0.25, 0.3) is 0 Å². The van der Waals surface area contributed by atoms with E-state index in [1.807, 2.05) is 0 Å². The Morgan fingerprint density at radius 3 is 1.65 bits per heavy atom. The predicted octanol–water partition coefficient (Wildman–Crippen LogP) is 8.16. The van der Waals surface area contributed by atoms with Crippen LogP contribution < -0.4 is 0 Å². The zero-order valence-corrected chi connectivity index (χ0v) is 32.8. The third-order valence-electron chi connectivity index (χ3n) is 9.59. The Labute approximate surface area is 315 Å². The average Bonchev–Trinajstić information content (AvgIpc) is 3.14. The normalized spacial score (nSPS) is 21.2. The Kier molecular flexibility index (Phi) is 31.3. The fraction of sp³-hybridized carbons (Fsp3) is 0.857. The van der Waals surface area contributed by atoms with E-state index in [1.54, 1.807) is 0 Å². The molecule has 10 nitrogen and oxygen atoms in total. The highest BCUT2D eigenvalue weighted by Gasteiger charge is 2.44. The molecule has 0 aromatic heterocycles. The minimum Gasteiger partial charge on any atom is -0.462 e. The topological polar surface area (TPSA) is 152 Å². The van der Waals surface area contributed by atoms with Crippen LogP contribution in [0, 0.1) is 0 Å². The summed E-state index contributed by atoms with van der Waals surface area (Å²) in [6.45, 7) is 3.36. The van der Waals surface area contributed by atoms with Crippen molar-refractivity contribution in [3.05, 3.63) is 24.3 Å². The van der Waals surface area contributed by atoms with Gasteiger partial charge in [-0.05, 0) is 38.5 Å². The first-order valence-electron chi connectivity index (χ1n) is 20.9. The van der Waals surface area contributed by atoms with Gasteiger partial charge in [-0.25, -0.2) is 0 Å². The number of aliphatic hydroxyl groups is 4. The monoisotopic (exact) mass is 741 g/mol. The van der Waals surface area contributed by atoms with Crippen molar-refractivity contribution in [1.82, 2.24) is 0 Å². The molecule has 0 saturated carbocycles. The number of hydrogen-bond donors (Lipinski definition) is 4. The third kappa shape index (κ3) is 25.2. The summed E-state index contributed by atoms with van der Waals surface area (Å²) in [7, 11) is 0. The fourth-order valence-electron chi connectivity index (χ4n) is 6.23. The molecule has 1 fully saturated rings. The molecule has 10 heteroatoms. The zero-order valence-electron chi connectivity index (χ0n) is 32.8. The van der Waals surface area contributed by atoms with Gasteiger partial charge in [-0.2, -0.15) is 0 Å². The maximum absolute atomic E-state index is 12.7. The van der Waals surface area contributed by atoms with Gasteiger partial charge in [0.15, 0.2) is 12.4 Å². The van der Waals surface area contributed by atoms with Crippen LogP contribution in [0.15, 0.2) is 24.3 Å². The quantitative estimate of drug-likeness (QED) is 0.0289. The summed E-state index contributed by atoms with van der Waals surface area (Å²) in [6, 6.07) is 0. The molecule has 0 bridgehead atoms. The lowest BCUT2D eigenvalue weighted by Crippen LogP contribution is -2.59. The molecule has 6 atom stereocenters. The minimum absolute atomic E-state index is 0.214. The molecule has 1 rings (SSSR count). The van der Waals surface area contributed by atoms with Gasteiger partial charge in [0.2, 0.25) is 0 Å². The molecule has 0 radical (unpaired) electrons. The molecular weight excluding hydrogens is 664 g/mol. The van der Waals surface area contributed by atoms with Crippen LogP contribution in [-0.2, 0) is 28.5 Å². The Morgan fingerprint density at radius 2 is 1.10 bits per heavy atom. The van der Waals surface area contributed by atoms with E-state index in [0.29, 0.717) is 12.8 Å². The first-order chi connectivity index (χ1) is 25.3. The van der Waals surface area contributed by atoms with Crippen molar-refractivity contribution < 1.29 is 49.0 Å². The second kappa shape index (κ2) is 33.7. The first kappa shape index (κ1) is 48.2. The largest absolute Gasteiger partial charge is 0.462 e. The van der Waals surface area contributed by atoms with Crippen LogP contribution in [-0.4, -0.2) is 89.0 Å². The molecule has 0 amide bonds. The van der Waals surface area contributed by atoms with Gasteiger partial charge in [0.05, 0.1) is 13.2 Å². The second-order valence-corrected chi connectivity index (χ2v) is 14.4. The van der Waals surface area contributed by atoms with E-state index in [0.717, 1.165) is 38.5 Å². The lowest BCUT2D eigenvalue weighted by Gasteiger charge is -2.39. The standard InChI is InChI=1S/C42H76O10/c1-3-5-7-9-11-13-15-16-17-18-19-20-21-23-24-26-28-30-37(44)49-33-35(34-50-42-41(48)40(47)39(46)36(32-43)52-42)51-38(45)31-29-27-25-22-14-12-10-8-6-4-2/h19-20,23-24,35-36,39-43,46-48H,3-18,21-22,25-34H2,1-2H3/b20-19+,24-23+/t35-,36-,39+,40?,41?,42-/m0/s1. The molecular formula is C42H76O10. The molecule has 0 spiro atoms. The number of carbonyl (C=O) groups excluding carboxylic acids is 2. The van der Waals surface area contributed by atoms with E-state index in [1.165, 1.54) is 96.3 Å². The summed E-state index contributed by atoms with van der Waals surface area (Å²) < 4.78 is 22.0. The van der Waals surface area contributed by atoms with E-state index >= 15 is 0 Å². The fourth-order valence-corrected chi connectivity index (χ4v) is 6.23. The Balaban J connectivity index is 2.37. The van der Waals surface area contributed by atoms with Crippen LogP contribution in [0.5, 0.6) is 0 Å². The summed E-state index contributed by atoms with van der Waals surface area (Å²) in [6.07, 6.45) is 27.7. The predicted molar refractivity (Wildman–Crippen MR) is 206 cm³/mol. The average molecular weight is 741 g/mol. The van der Waals surface area contributed by atoms with Gasteiger partial charge in [0, 0.05) is 12.8 Å². The highest BCUT2D eigenvalue weighted by atomic mass is 16.7. The van der Waals surface area contributed by atoms with Gasteiger partial charge < -0.3 is 39.4 Å². The molecule has 1 aliphatic heterocycles. The van der Waals surface area contributed by atoms with Crippen molar-refractivity contribution in [1.29, 1.82) is 0 Å². The molecule has 0 aliphatic carbocycles. The van der Waals surface area contributed by atoms with Gasteiger partial charge in [-0.1, -0.05) is 147 Å². The Bertz CT molecular complexity index is 907. The number of carbonyl (C=O) groups is 2. The number of ether oxygens (including phenoxy) is 4. The molecule has 1 saturated heterocycles. The molecule has 4 N–H and O–H groups in total. The van der Waals surface area contributed by atoms with Crippen LogP contribution >= 0.6 is 0 Å². The smallest absolute Gasteiger partial charge is 0.306 e. The van der Waals surface area contributed by atoms with E-state index in [2.05, 4.69) is 38.2 Å². The van der Waals surface area contributed by atoms with Gasteiger partial charge in [-0.15, -0.1) is 0 Å². The lowest BCUT2D eigenvalue weighted by atomic mass is 9.99. The second-order valence-electron chi connectivity index (χ2n) is 14.4. The maximum Gasteiger partial charge on any atom is 0.306 e. The molecule has 0 aromatic carbocycles. The van der Waals surface area contributed by atoms with E-state index in [9.17, 15) is 30.0 Å². The highest BCUT2D eigenvalue weighted by molar-refractivity contribution is 5.70. The molecule has 0 aromatic rings. The Morgan fingerprint density at radius 1 is 0.596 bits per heavy atom. The molecule has 1 aliphatic rings. The third-order valence-corrected chi connectivity index (χ3v) is 9.59. The van der Waals surface area contributed by atoms with E-state index in [4.69, 9.17) is 18.9 Å². The summed E-state index contributed by atoms with van der Waals surface area (Å²) in [5.74, 6) is -0.858. The van der Waals surface area contributed by atoms with Gasteiger partial charge >= 0.3 is 11.9 Å². The number of rotatable bonds is 34. The van der Waals surface area contributed by atoms with Crippen LogP contribution in [0.3, 0.4) is 0 Å². The summed E-state index contributed by atoms with van der Waals surface area (Å²) in [5, 5.41) is 39.9. The molecule has 52 heavy (non-hydrogen) atoms. The van der Waals surface area contributed by atoms with Gasteiger partial charge in [-0.3, -0.25) is 9.59 Å². The van der Waals surface area contributed by atoms with Crippen LogP contribution in [0.4, 0.5) is 0 Å². The maximum atomic E-state index is 12.7. The molecule has 1 heterocycles. The Hall–Kier alpha value is -1.82. The van der Waals surface area contributed by atoms with Crippen molar-refractivity contribution in [2.24, 2.45) is 0 Å². The van der Waals surface area contributed by atoms with Crippen LogP contribution in [0.2, 0.25) is 0 Å². The lowest BCUT2D eigenvalue weighted by molar-refractivity contribution is -0.305. The van der Waals surface area contributed by atoms with E-state index in [-0.39, 0.29) is 26.1 Å². The van der Waals surface area contributed by atoms with Crippen LogP contribution in [0.1, 0.15) is 174 Å². The van der Waals surface area contributed by atoms with Crippen LogP contribution in [0.25, 0.3) is 0 Å². The van der Waals surface area contributed by atoms with Gasteiger partial charge in [0.1, 0.15) is 31.0 Å².